The Labute approximate surface area is 81.1 Å². The van der Waals surface area contributed by atoms with Crippen LogP contribution in [0.3, 0.4) is 0 Å². The van der Waals surface area contributed by atoms with Gasteiger partial charge in [-0.3, -0.25) is 0 Å². The average Bonchev–Trinajstić information content (AvgIpc) is 2.22. The van der Waals surface area contributed by atoms with E-state index in [-0.39, 0.29) is 0 Å². The number of allylic oxidation sites excluding steroid dienone is 5. The molecule has 0 saturated heterocycles. The molecule has 0 atom stereocenters. The molecule has 1 nitrogen and oxygen atoms in total. The molecule has 1 heteroatoms. The first-order chi connectivity index (χ1) is 6.38. The van der Waals surface area contributed by atoms with Crippen LogP contribution in [0.1, 0.15) is 20.8 Å². The SMILES string of the molecule is C=CC1=C(/C=C\C)C=CCO1.CC. The van der Waals surface area contributed by atoms with Crippen molar-refractivity contribution in [2.45, 2.75) is 20.8 Å². The molecule has 1 aliphatic heterocycles. The van der Waals surface area contributed by atoms with Crippen LogP contribution in [0.25, 0.3) is 0 Å². The first kappa shape index (κ1) is 11.8. The van der Waals surface area contributed by atoms with Gasteiger partial charge in [0.1, 0.15) is 12.4 Å². The summed E-state index contributed by atoms with van der Waals surface area (Å²) < 4.78 is 5.32. The molecule has 0 radical (unpaired) electrons. The van der Waals surface area contributed by atoms with Crippen molar-refractivity contribution >= 4 is 0 Å². The maximum atomic E-state index is 5.32. The van der Waals surface area contributed by atoms with Crippen LogP contribution >= 0.6 is 0 Å². The van der Waals surface area contributed by atoms with Gasteiger partial charge < -0.3 is 4.74 Å². The zero-order valence-corrected chi connectivity index (χ0v) is 8.71. The van der Waals surface area contributed by atoms with Gasteiger partial charge in [0.25, 0.3) is 0 Å². The summed E-state index contributed by atoms with van der Waals surface area (Å²) in [7, 11) is 0. The standard InChI is InChI=1S/C10H12O.C2H6/c1-3-6-9-7-5-8-11-10(9)4-2;1-2/h3-7H,2,8H2,1H3;1-2H3/b6-3-;. The first-order valence-electron chi connectivity index (χ1n) is 4.67. The first-order valence-corrected chi connectivity index (χ1v) is 4.67. The minimum atomic E-state index is 0.655. The fraction of sp³-hybridized carbons (Fsp3) is 0.333. The predicted octanol–water partition coefficient (Wildman–Crippen LogP) is 3.62. The zero-order valence-electron chi connectivity index (χ0n) is 8.71. The summed E-state index contributed by atoms with van der Waals surface area (Å²) in [5.74, 6) is 0.866. The van der Waals surface area contributed by atoms with Gasteiger partial charge in [-0.2, -0.15) is 0 Å². The molecule has 0 amide bonds. The molecule has 0 unspecified atom stereocenters. The molecule has 0 aromatic carbocycles. The molecule has 0 aliphatic carbocycles. The minimum absolute atomic E-state index is 0.655. The van der Waals surface area contributed by atoms with Crippen molar-refractivity contribution in [3.63, 3.8) is 0 Å². The van der Waals surface area contributed by atoms with Crippen molar-refractivity contribution in [3.05, 3.63) is 48.3 Å². The second-order valence-electron chi connectivity index (χ2n) is 2.24. The van der Waals surface area contributed by atoms with Crippen LogP contribution in [0.5, 0.6) is 0 Å². The van der Waals surface area contributed by atoms with Crippen LogP contribution in [0.15, 0.2) is 48.3 Å². The van der Waals surface area contributed by atoms with Crippen molar-refractivity contribution in [1.29, 1.82) is 0 Å². The number of rotatable bonds is 2. The molecule has 13 heavy (non-hydrogen) atoms. The lowest BCUT2D eigenvalue weighted by atomic mass is 10.1. The minimum Gasteiger partial charge on any atom is -0.489 e. The molecule has 0 bridgehead atoms. The molecule has 1 aliphatic rings. The molecular formula is C12H18O. The van der Waals surface area contributed by atoms with E-state index in [4.69, 9.17) is 4.74 Å². The van der Waals surface area contributed by atoms with E-state index in [2.05, 4.69) is 6.58 Å². The lowest BCUT2D eigenvalue weighted by molar-refractivity contribution is 0.255. The van der Waals surface area contributed by atoms with Crippen molar-refractivity contribution in [1.82, 2.24) is 0 Å². The summed E-state index contributed by atoms with van der Waals surface area (Å²) in [5.41, 5.74) is 1.09. The topological polar surface area (TPSA) is 9.23 Å². The van der Waals surface area contributed by atoms with Crippen LogP contribution in [0.2, 0.25) is 0 Å². The van der Waals surface area contributed by atoms with Crippen LogP contribution < -0.4 is 0 Å². The molecule has 1 heterocycles. The maximum absolute atomic E-state index is 5.32. The molecule has 0 fully saturated rings. The molecule has 1 rings (SSSR count). The second kappa shape index (κ2) is 7.41. The Bertz CT molecular complexity index is 228. The Kier molecular flexibility index (Phi) is 6.70. The van der Waals surface area contributed by atoms with Crippen molar-refractivity contribution in [2.75, 3.05) is 6.61 Å². The molecule has 0 N–H and O–H groups in total. The van der Waals surface area contributed by atoms with Crippen molar-refractivity contribution < 1.29 is 4.74 Å². The highest BCUT2D eigenvalue weighted by molar-refractivity contribution is 5.38. The zero-order chi connectivity index (χ0) is 10.1. The second-order valence-corrected chi connectivity index (χ2v) is 2.24. The smallest absolute Gasteiger partial charge is 0.126 e. The van der Waals surface area contributed by atoms with Gasteiger partial charge in [-0.05, 0) is 19.1 Å². The highest BCUT2D eigenvalue weighted by Crippen LogP contribution is 2.14. The largest absolute Gasteiger partial charge is 0.489 e. The van der Waals surface area contributed by atoms with E-state index < -0.39 is 0 Å². The molecule has 72 valence electrons. The lowest BCUT2D eigenvalue weighted by Crippen LogP contribution is -1.97. The van der Waals surface area contributed by atoms with Gasteiger partial charge in [-0.15, -0.1) is 0 Å². The van der Waals surface area contributed by atoms with Gasteiger partial charge in [0.2, 0.25) is 0 Å². The van der Waals surface area contributed by atoms with E-state index in [0.29, 0.717) is 6.61 Å². The third-order valence-electron chi connectivity index (χ3n) is 1.45. The van der Waals surface area contributed by atoms with Gasteiger partial charge in [-0.1, -0.05) is 38.7 Å². The van der Waals surface area contributed by atoms with Gasteiger partial charge in [0.05, 0.1) is 0 Å². The number of hydrogen-bond donors (Lipinski definition) is 0. The summed E-state index contributed by atoms with van der Waals surface area (Å²) in [6.45, 7) is 10.3. The van der Waals surface area contributed by atoms with Gasteiger partial charge in [-0.25, -0.2) is 0 Å². The van der Waals surface area contributed by atoms with E-state index in [0.717, 1.165) is 11.3 Å². The fourth-order valence-electron chi connectivity index (χ4n) is 0.972. The van der Waals surface area contributed by atoms with Crippen LogP contribution in [0, 0.1) is 0 Å². The third-order valence-corrected chi connectivity index (χ3v) is 1.45. The molecular weight excluding hydrogens is 160 g/mol. The van der Waals surface area contributed by atoms with Gasteiger partial charge >= 0.3 is 0 Å². The Morgan fingerprint density at radius 3 is 2.69 bits per heavy atom. The third kappa shape index (κ3) is 3.79. The summed E-state index contributed by atoms with van der Waals surface area (Å²) in [6, 6.07) is 0. The highest BCUT2D eigenvalue weighted by atomic mass is 16.5. The average molecular weight is 178 g/mol. The lowest BCUT2D eigenvalue weighted by Gasteiger charge is -2.11. The van der Waals surface area contributed by atoms with Crippen molar-refractivity contribution in [2.24, 2.45) is 0 Å². The Morgan fingerprint density at radius 2 is 2.15 bits per heavy atom. The maximum Gasteiger partial charge on any atom is 0.126 e. The number of ether oxygens (including phenoxy) is 1. The predicted molar refractivity (Wildman–Crippen MR) is 58.5 cm³/mol. The molecule has 0 spiro atoms. The molecule has 0 saturated carbocycles. The summed E-state index contributed by atoms with van der Waals surface area (Å²) in [5, 5.41) is 0. The Morgan fingerprint density at radius 1 is 1.46 bits per heavy atom. The number of hydrogen-bond acceptors (Lipinski definition) is 1. The summed E-state index contributed by atoms with van der Waals surface area (Å²) in [6.07, 6.45) is 9.76. The van der Waals surface area contributed by atoms with E-state index in [9.17, 15) is 0 Å². The quantitative estimate of drug-likeness (QED) is 0.627. The van der Waals surface area contributed by atoms with E-state index in [1.807, 2.05) is 45.1 Å². The highest BCUT2D eigenvalue weighted by Gasteiger charge is 2.01. The van der Waals surface area contributed by atoms with Crippen LogP contribution in [-0.2, 0) is 4.74 Å². The van der Waals surface area contributed by atoms with Crippen molar-refractivity contribution in [3.8, 4) is 0 Å². The van der Waals surface area contributed by atoms with Gasteiger partial charge in [0, 0.05) is 5.57 Å². The normalized spacial score (nSPS) is 15.0. The van der Waals surface area contributed by atoms with E-state index in [1.165, 1.54) is 0 Å². The molecule has 0 aromatic rings. The van der Waals surface area contributed by atoms with Crippen LogP contribution in [0.4, 0.5) is 0 Å². The fourth-order valence-corrected chi connectivity index (χ4v) is 0.972. The van der Waals surface area contributed by atoms with E-state index in [1.54, 1.807) is 6.08 Å². The Hall–Kier alpha value is -1.24. The summed E-state index contributed by atoms with van der Waals surface area (Å²) >= 11 is 0. The monoisotopic (exact) mass is 178 g/mol. The molecule has 0 aromatic heterocycles. The van der Waals surface area contributed by atoms with Crippen LogP contribution in [-0.4, -0.2) is 6.61 Å². The van der Waals surface area contributed by atoms with E-state index >= 15 is 0 Å². The van der Waals surface area contributed by atoms with Gasteiger partial charge in [0.15, 0.2) is 0 Å². The Balaban J connectivity index is 0.000000671. The summed E-state index contributed by atoms with van der Waals surface area (Å²) in [4.78, 5) is 0.